The van der Waals surface area contributed by atoms with Crippen molar-refractivity contribution in [3.8, 4) is 0 Å². The predicted octanol–water partition coefficient (Wildman–Crippen LogP) is 1.25. The first-order valence-corrected chi connectivity index (χ1v) is 6.25. The number of carbonyl (C=O) groups excluding carboxylic acids is 1. The van der Waals surface area contributed by atoms with Crippen LogP contribution in [0.1, 0.15) is 25.7 Å². The zero-order chi connectivity index (χ0) is 13.3. The number of amides is 1. The van der Waals surface area contributed by atoms with Gasteiger partial charge in [-0.3, -0.25) is 4.79 Å². The molecule has 5 heteroatoms. The molecule has 0 aromatic carbocycles. The van der Waals surface area contributed by atoms with Crippen molar-refractivity contribution in [1.29, 1.82) is 0 Å². The Morgan fingerprint density at radius 3 is 2.78 bits per heavy atom. The Bertz CT molecular complexity index is 437. The number of hydrogen-bond donors (Lipinski definition) is 0. The molecular formula is C13H21N3O2. The van der Waals surface area contributed by atoms with Crippen LogP contribution in [-0.4, -0.2) is 47.2 Å². The van der Waals surface area contributed by atoms with Gasteiger partial charge in [-0.15, -0.1) is 0 Å². The van der Waals surface area contributed by atoms with Gasteiger partial charge in [0.1, 0.15) is 11.9 Å². The summed E-state index contributed by atoms with van der Waals surface area (Å²) in [7, 11) is 1.86. The Balaban J connectivity index is 2.00. The lowest BCUT2D eigenvalue weighted by molar-refractivity contribution is -0.144. The third kappa shape index (κ3) is 2.41. The molecular weight excluding hydrogens is 230 g/mol. The molecule has 1 saturated heterocycles. The van der Waals surface area contributed by atoms with Crippen molar-refractivity contribution in [2.45, 2.75) is 26.8 Å². The summed E-state index contributed by atoms with van der Waals surface area (Å²) in [5.41, 5.74) is 0.119. The van der Waals surface area contributed by atoms with Gasteiger partial charge >= 0.3 is 0 Å². The van der Waals surface area contributed by atoms with Gasteiger partial charge in [0, 0.05) is 31.4 Å². The molecule has 0 radical (unpaired) electrons. The average molecular weight is 251 g/mol. The summed E-state index contributed by atoms with van der Waals surface area (Å²) in [6, 6.07) is -0.206. The highest BCUT2D eigenvalue weighted by atomic mass is 16.5. The molecule has 1 fully saturated rings. The second-order valence-corrected chi connectivity index (χ2v) is 5.56. The van der Waals surface area contributed by atoms with E-state index in [1.54, 1.807) is 11.1 Å². The molecule has 1 aliphatic heterocycles. The van der Waals surface area contributed by atoms with Crippen molar-refractivity contribution in [1.82, 2.24) is 14.5 Å². The molecule has 2 rings (SSSR count). The van der Waals surface area contributed by atoms with E-state index in [1.165, 1.54) is 0 Å². The van der Waals surface area contributed by atoms with Gasteiger partial charge in [0.2, 0.25) is 5.91 Å². The first kappa shape index (κ1) is 13.1. The summed E-state index contributed by atoms with van der Waals surface area (Å²) in [6.45, 7) is 8.18. The van der Waals surface area contributed by atoms with Gasteiger partial charge in [0.25, 0.3) is 0 Å². The molecule has 18 heavy (non-hydrogen) atoms. The second kappa shape index (κ2) is 4.72. The number of aromatic nitrogens is 2. The van der Waals surface area contributed by atoms with E-state index in [-0.39, 0.29) is 17.4 Å². The summed E-state index contributed by atoms with van der Waals surface area (Å²) in [5.74, 6) is 0.978. The molecule has 1 atom stereocenters. The number of aryl methyl sites for hydroxylation is 1. The fraction of sp³-hybridized carbons (Fsp3) is 0.692. The number of ether oxygens (including phenoxy) is 1. The highest BCUT2D eigenvalue weighted by Gasteiger charge is 2.36. The Labute approximate surface area is 108 Å². The molecule has 0 spiro atoms. The number of nitrogens with zero attached hydrogens (tertiary/aromatic N) is 3. The fourth-order valence-corrected chi connectivity index (χ4v) is 2.43. The Morgan fingerprint density at radius 2 is 2.33 bits per heavy atom. The van der Waals surface area contributed by atoms with E-state index in [1.807, 2.05) is 31.7 Å². The van der Waals surface area contributed by atoms with Crippen LogP contribution in [0.2, 0.25) is 0 Å². The topological polar surface area (TPSA) is 47.4 Å². The van der Waals surface area contributed by atoms with E-state index in [4.69, 9.17) is 4.74 Å². The maximum absolute atomic E-state index is 12.3. The average Bonchev–Trinajstić information content (AvgIpc) is 2.71. The monoisotopic (exact) mass is 251 g/mol. The standard InChI is InChI=1S/C13H21N3O2/c1-10(16-6-5-14-11(16)2)12(17)15(4)7-13(3)8-18-9-13/h5-6,10H,7-9H2,1-4H3. The largest absolute Gasteiger partial charge is 0.380 e. The van der Waals surface area contributed by atoms with Crippen molar-refractivity contribution >= 4 is 5.91 Å². The zero-order valence-corrected chi connectivity index (χ0v) is 11.5. The van der Waals surface area contributed by atoms with Gasteiger partial charge in [-0.2, -0.15) is 0 Å². The Morgan fingerprint density at radius 1 is 1.67 bits per heavy atom. The van der Waals surface area contributed by atoms with Crippen LogP contribution >= 0.6 is 0 Å². The Hall–Kier alpha value is -1.36. The summed E-state index contributed by atoms with van der Waals surface area (Å²) in [6.07, 6.45) is 3.57. The van der Waals surface area contributed by atoms with Gasteiger partial charge in [-0.05, 0) is 13.8 Å². The SMILES string of the molecule is Cc1nccn1C(C)C(=O)N(C)CC1(C)COC1. The lowest BCUT2D eigenvalue weighted by Gasteiger charge is -2.41. The molecule has 1 aromatic rings. The molecule has 0 N–H and O–H groups in total. The van der Waals surface area contributed by atoms with Gasteiger partial charge < -0.3 is 14.2 Å². The van der Waals surface area contributed by atoms with Crippen molar-refractivity contribution in [2.24, 2.45) is 5.41 Å². The van der Waals surface area contributed by atoms with Crippen LogP contribution in [0.25, 0.3) is 0 Å². The van der Waals surface area contributed by atoms with Crippen molar-refractivity contribution in [3.63, 3.8) is 0 Å². The molecule has 0 bridgehead atoms. The summed E-state index contributed by atoms with van der Waals surface area (Å²) in [5, 5.41) is 0. The summed E-state index contributed by atoms with van der Waals surface area (Å²) < 4.78 is 7.12. The zero-order valence-electron chi connectivity index (χ0n) is 11.5. The molecule has 100 valence electrons. The van der Waals surface area contributed by atoms with Crippen LogP contribution in [0, 0.1) is 12.3 Å². The molecule has 0 aliphatic carbocycles. The first-order valence-electron chi connectivity index (χ1n) is 6.25. The minimum absolute atomic E-state index is 0.115. The van der Waals surface area contributed by atoms with E-state index >= 15 is 0 Å². The van der Waals surface area contributed by atoms with Gasteiger partial charge in [-0.25, -0.2) is 4.98 Å². The van der Waals surface area contributed by atoms with Gasteiger partial charge in [0.05, 0.1) is 13.2 Å². The first-order chi connectivity index (χ1) is 8.43. The van der Waals surface area contributed by atoms with E-state index in [0.717, 1.165) is 25.6 Å². The quantitative estimate of drug-likeness (QED) is 0.809. The van der Waals surface area contributed by atoms with Gasteiger partial charge in [-0.1, -0.05) is 6.92 Å². The van der Waals surface area contributed by atoms with Crippen LogP contribution in [0.15, 0.2) is 12.4 Å². The predicted molar refractivity (Wildman–Crippen MR) is 68.2 cm³/mol. The number of likely N-dealkylation sites (N-methyl/N-ethyl adjacent to an activating group) is 1. The smallest absolute Gasteiger partial charge is 0.245 e. The fourth-order valence-electron chi connectivity index (χ4n) is 2.43. The molecule has 1 aliphatic rings. The highest BCUT2D eigenvalue weighted by Crippen LogP contribution is 2.27. The summed E-state index contributed by atoms with van der Waals surface area (Å²) in [4.78, 5) is 18.3. The van der Waals surface area contributed by atoms with Crippen molar-refractivity contribution in [2.75, 3.05) is 26.8 Å². The maximum atomic E-state index is 12.3. The highest BCUT2D eigenvalue weighted by molar-refractivity contribution is 5.80. The van der Waals surface area contributed by atoms with E-state index in [2.05, 4.69) is 11.9 Å². The third-order valence-corrected chi connectivity index (χ3v) is 3.53. The second-order valence-electron chi connectivity index (χ2n) is 5.56. The van der Waals surface area contributed by atoms with Crippen LogP contribution in [-0.2, 0) is 9.53 Å². The number of imidazole rings is 1. The molecule has 1 amide bonds. The maximum Gasteiger partial charge on any atom is 0.245 e. The Kier molecular flexibility index (Phi) is 3.43. The number of carbonyl (C=O) groups is 1. The van der Waals surface area contributed by atoms with E-state index in [0.29, 0.717) is 0 Å². The van der Waals surface area contributed by atoms with E-state index in [9.17, 15) is 4.79 Å². The van der Waals surface area contributed by atoms with Crippen LogP contribution in [0.3, 0.4) is 0 Å². The van der Waals surface area contributed by atoms with Crippen LogP contribution in [0.4, 0.5) is 0 Å². The third-order valence-electron chi connectivity index (χ3n) is 3.53. The van der Waals surface area contributed by atoms with Crippen molar-refractivity contribution < 1.29 is 9.53 Å². The molecule has 1 aromatic heterocycles. The summed E-state index contributed by atoms with van der Waals surface area (Å²) >= 11 is 0. The molecule has 0 saturated carbocycles. The lowest BCUT2D eigenvalue weighted by atomic mass is 9.88. The number of rotatable bonds is 4. The van der Waals surface area contributed by atoms with Crippen molar-refractivity contribution in [3.05, 3.63) is 18.2 Å². The van der Waals surface area contributed by atoms with E-state index < -0.39 is 0 Å². The minimum Gasteiger partial charge on any atom is -0.380 e. The van der Waals surface area contributed by atoms with Gasteiger partial charge in [0.15, 0.2) is 0 Å². The van der Waals surface area contributed by atoms with Crippen LogP contribution in [0.5, 0.6) is 0 Å². The lowest BCUT2D eigenvalue weighted by Crippen LogP contribution is -2.50. The van der Waals surface area contributed by atoms with Crippen LogP contribution < -0.4 is 0 Å². The minimum atomic E-state index is -0.206. The normalized spacial score (nSPS) is 19.1. The number of hydrogen-bond acceptors (Lipinski definition) is 3. The molecule has 5 nitrogen and oxygen atoms in total. The molecule has 1 unspecified atom stereocenters. The molecule has 2 heterocycles.